The van der Waals surface area contributed by atoms with E-state index >= 15 is 0 Å². The van der Waals surface area contributed by atoms with Crippen LogP contribution in [0.1, 0.15) is 26.2 Å². The normalized spacial score (nSPS) is 32.6. The molecule has 2 nitrogen and oxygen atoms in total. The molecule has 0 N–H and O–H groups in total. The van der Waals surface area contributed by atoms with Gasteiger partial charge in [0.05, 0.1) is 6.10 Å². The van der Waals surface area contributed by atoms with Crippen molar-refractivity contribution >= 4 is 7.37 Å². The number of rotatable bonds is 2. The summed E-state index contributed by atoms with van der Waals surface area (Å²) < 4.78 is 16.7. The van der Waals surface area contributed by atoms with Gasteiger partial charge in [-0.05, 0) is 25.2 Å². The zero-order valence-electron chi connectivity index (χ0n) is 7.54. The van der Waals surface area contributed by atoms with Crippen molar-refractivity contribution in [2.45, 2.75) is 32.3 Å². The fourth-order valence-electron chi connectivity index (χ4n) is 1.61. The van der Waals surface area contributed by atoms with Crippen molar-refractivity contribution in [2.75, 3.05) is 13.3 Å². The van der Waals surface area contributed by atoms with E-state index in [-0.39, 0.29) is 6.10 Å². The molecule has 1 aliphatic carbocycles. The van der Waals surface area contributed by atoms with E-state index in [1.54, 1.807) is 13.3 Å². The molecule has 1 saturated carbocycles. The van der Waals surface area contributed by atoms with Crippen LogP contribution < -0.4 is 0 Å². The van der Waals surface area contributed by atoms with Gasteiger partial charge >= 0.3 is 0 Å². The molecule has 0 amide bonds. The van der Waals surface area contributed by atoms with Crippen molar-refractivity contribution in [2.24, 2.45) is 5.92 Å². The molecule has 2 atom stereocenters. The monoisotopic (exact) mass is 176 g/mol. The fraction of sp³-hybridized carbons (Fsp3) is 1.00. The molecule has 1 fully saturated rings. The minimum Gasteiger partial charge on any atom is -0.325 e. The molecular weight excluding hydrogens is 159 g/mol. The van der Waals surface area contributed by atoms with Crippen LogP contribution >= 0.6 is 7.37 Å². The second-order valence-corrected chi connectivity index (χ2v) is 6.61. The van der Waals surface area contributed by atoms with Crippen LogP contribution in [-0.4, -0.2) is 19.4 Å². The molecule has 0 saturated heterocycles. The van der Waals surface area contributed by atoms with E-state index in [0.717, 1.165) is 18.8 Å². The summed E-state index contributed by atoms with van der Waals surface area (Å²) in [5.41, 5.74) is 0. The Bertz CT molecular complexity index is 173. The molecule has 0 radical (unpaired) electrons. The van der Waals surface area contributed by atoms with Crippen LogP contribution in [0.5, 0.6) is 0 Å². The highest BCUT2D eigenvalue weighted by Gasteiger charge is 2.25. The van der Waals surface area contributed by atoms with Crippen molar-refractivity contribution in [3.63, 3.8) is 0 Å². The minimum atomic E-state index is -2.24. The van der Waals surface area contributed by atoms with Crippen molar-refractivity contribution in [1.29, 1.82) is 0 Å². The Morgan fingerprint density at radius 2 is 2.00 bits per heavy atom. The standard InChI is InChI=1S/C8H17O2P/c1-7-4-5-8(6-7)10-11(2,3)9/h7-8H,4-6H2,1-3H3/t7-,8?/m1/s1. The zero-order valence-corrected chi connectivity index (χ0v) is 8.43. The summed E-state index contributed by atoms with van der Waals surface area (Å²) in [5, 5.41) is 0. The third-order valence-corrected chi connectivity index (χ3v) is 2.86. The van der Waals surface area contributed by atoms with E-state index in [1.807, 2.05) is 0 Å². The Balaban J connectivity index is 2.34. The molecule has 0 bridgehead atoms. The van der Waals surface area contributed by atoms with Gasteiger partial charge in [0.1, 0.15) is 0 Å². The third-order valence-electron chi connectivity index (χ3n) is 2.05. The van der Waals surface area contributed by atoms with E-state index in [0.29, 0.717) is 0 Å². The molecule has 1 unspecified atom stereocenters. The van der Waals surface area contributed by atoms with Crippen molar-refractivity contribution in [1.82, 2.24) is 0 Å². The average molecular weight is 176 g/mol. The summed E-state index contributed by atoms with van der Waals surface area (Å²) in [5.74, 6) is 0.756. The second-order valence-electron chi connectivity index (χ2n) is 3.90. The number of hydrogen-bond acceptors (Lipinski definition) is 2. The molecule has 1 aliphatic rings. The predicted octanol–water partition coefficient (Wildman–Crippen LogP) is 2.73. The van der Waals surface area contributed by atoms with E-state index in [4.69, 9.17) is 4.52 Å². The van der Waals surface area contributed by atoms with E-state index in [2.05, 4.69) is 6.92 Å². The first-order chi connectivity index (χ1) is 4.97. The first-order valence-electron chi connectivity index (χ1n) is 4.21. The van der Waals surface area contributed by atoms with Crippen LogP contribution in [0.2, 0.25) is 0 Å². The van der Waals surface area contributed by atoms with Gasteiger partial charge in [-0.15, -0.1) is 0 Å². The molecule has 0 aliphatic heterocycles. The number of hydrogen-bond donors (Lipinski definition) is 0. The Morgan fingerprint density at radius 1 is 1.36 bits per heavy atom. The molecular formula is C8H17O2P. The van der Waals surface area contributed by atoms with Crippen LogP contribution in [0.3, 0.4) is 0 Å². The maximum Gasteiger partial charge on any atom is 0.197 e. The highest BCUT2D eigenvalue weighted by molar-refractivity contribution is 7.57. The summed E-state index contributed by atoms with van der Waals surface area (Å²) >= 11 is 0. The molecule has 0 aromatic rings. The highest BCUT2D eigenvalue weighted by atomic mass is 31.2. The van der Waals surface area contributed by atoms with Gasteiger partial charge in [-0.2, -0.15) is 0 Å². The lowest BCUT2D eigenvalue weighted by Crippen LogP contribution is -2.05. The van der Waals surface area contributed by atoms with E-state index in [1.165, 1.54) is 6.42 Å². The van der Waals surface area contributed by atoms with Crippen LogP contribution in [0.4, 0.5) is 0 Å². The highest BCUT2D eigenvalue weighted by Crippen LogP contribution is 2.43. The van der Waals surface area contributed by atoms with Gasteiger partial charge in [0, 0.05) is 13.3 Å². The second kappa shape index (κ2) is 3.28. The largest absolute Gasteiger partial charge is 0.325 e. The summed E-state index contributed by atoms with van der Waals surface area (Å²) in [6.45, 7) is 5.60. The molecule has 11 heavy (non-hydrogen) atoms. The quantitative estimate of drug-likeness (QED) is 0.604. The molecule has 0 spiro atoms. The lowest BCUT2D eigenvalue weighted by Gasteiger charge is -2.14. The van der Waals surface area contributed by atoms with Gasteiger partial charge in [0.15, 0.2) is 7.37 Å². The Morgan fingerprint density at radius 3 is 2.36 bits per heavy atom. The van der Waals surface area contributed by atoms with Gasteiger partial charge in [0.2, 0.25) is 0 Å². The zero-order chi connectivity index (χ0) is 8.48. The Kier molecular flexibility index (Phi) is 2.77. The van der Waals surface area contributed by atoms with Crippen molar-refractivity contribution in [3.8, 4) is 0 Å². The maximum absolute atomic E-state index is 11.3. The van der Waals surface area contributed by atoms with Crippen molar-refractivity contribution < 1.29 is 9.09 Å². The van der Waals surface area contributed by atoms with Crippen LogP contribution in [0.25, 0.3) is 0 Å². The maximum atomic E-state index is 11.3. The van der Waals surface area contributed by atoms with Crippen molar-refractivity contribution in [3.05, 3.63) is 0 Å². The van der Waals surface area contributed by atoms with E-state index < -0.39 is 7.37 Å². The lowest BCUT2D eigenvalue weighted by atomic mass is 10.1. The van der Waals surface area contributed by atoms with Gasteiger partial charge in [0.25, 0.3) is 0 Å². The average Bonchev–Trinajstić information content (AvgIpc) is 2.10. The summed E-state index contributed by atoms with van der Waals surface area (Å²) in [7, 11) is -2.24. The molecule has 0 aromatic carbocycles. The smallest absolute Gasteiger partial charge is 0.197 e. The molecule has 3 heteroatoms. The predicted molar refractivity (Wildman–Crippen MR) is 47.3 cm³/mol. The Hall–Kier alpha value is 0.190. The molecule has 66 valence electrons. The van der Waals surface area contributed by atoms with E-state index in [9.17, 15) is 4.57 Å². The first kappa shape index (κ1) is 9.28. The van der Waals surface area contributed by atoms with Crippen LogP contribution in [0, 0.1) is 5.92 Å². The summed E-state index contributed by atoms with van der Waals surface area (Å²) in [6, 6.07) is 0. The van der Waals surface area contributed by atoms with Gasteiger partial charge < -0.3 is 4.52 Å². The molecule has 0 heterocycles. The van der Waals surface area contributed by atoms with Gasteiger partial charge in [-0.3, -0.25) is 4.57 Å². The van der Waals surface area contributed by atoms with Crippen LogP contribution in [0.15, 0.2) is 0 Å². The molecule has 0 aromatic heterocycles. The fourth-order valence-corrected chi connectivity index (χ4v) is 2.52. The van der Waals surface area contributed by atoms with Gasteiger partial charge in [-0.25, -0.2) is 0 Å². The Labute approximate surface area is 68.8 Å². The van der Waals surface area contributed by atoms with Gasteiger partial charge in [-0.1, -0.05) is 6.92 Å². The minimum absolute atomic E-state index is 0.269. The SMILES string of the molecule is C[C@@H]1CCC(OP(C)(C)=O)C1. The van der Waals surface area contributed by atoms with Crippen LogP contribution in [-0.2, 0) is 9.09 Å². The molecule has 1 rings (SSSR count). The third kappa shape index (κ3) is 3.39. The summed E-state index contributed by atoms with van der Waals surface area (Å²) in [4.78, 5) is 0. The summed E-state index contributed by atoms with van der Waals surface area (Å²) in [6.07, 6.45) is 3.68. The first-order valence-corrected chi connectivity index (χ1v) is 6.72. The lowest BCUT2D eigenvalue weighted by molar-refractivity contribution is 0.212. The topological polar surface area (TPSA) is 26.3 Å².